The highest BCUT2D eigenvalue weighted by molar-refractivity contribution is 7.10. The van der Waals surface area contributed by atoms with Crippen molar-refractivity contribution in [2.45, 2.75) is 32.2 Å². The number of carbonyl (C=O) groups is 2. The molecular formula is C13H17NO4S. The number of carboxylic acid groups (broad SMARTS) is 1. The van der Waals surface area contributed by atoms with Crippen LogP contribution in [-0.4, -0.2) is 34.7 Å². The molecule has 1 aliphatic rings. The van der Waals surface area contributed by atoms with Crippen molar-refractivity contribution in [1.82, 2.24) is 5.32 Å². The van der Waals surface area contributed by atoms with Gasteiger partial charge in [-0.05, 0) is 30.7 Å². The summed E-state index contributed by atoms with van der Waals surface area (Å²) >= 11 is 1.56. The second-order valence-corrected chi connectivity index (χ2v) is 5.91. The third-order valence-electron chi connectivity index (χ3n) is 3.43. The van der Waals surface area contributed by atoms with Crippen molar-refractivity contribution in [2.75, 3.05) is 6.61 Å². The van der Waals surface area contributed by atoms with E-state index in [0.29, 0.717) is 11.5 Å². The molecule has 2 rings (SSSR count). The summed E-state index contributed by atoms with van der Waals surface area (Å²) in [5.41, 5.74) is 1.61. The molecule has 0 bridgehead atoms. The first-order valence-corrected chi connectivity index (χ1v) is 7.14. The zero-order valence-corrected chi connectivity index (χ0v) is 11.5. The van der Waals surface area contributed by atoms with E-state index in [1.54, 1.807) is 16.7 Å². The number of hydrogen-bond acceptors (Lipinski definition) is 4. The molecule has 19 heavy (non-hydrogen) atoms. The third-order valence-corrected chi connectivity index (χ3v) is 4.48. The molecule has 0 radical (unpaired) electrons. The van der Waals surface area contributed by atoms with Crippen LogP contribution in [0.15, 0.2) is 5.38 Å². The molecule has 1 heterocycles. The van der Waals surface area contributed by atoms with Crippen LogP contribution >= 0.6 is 11.3 Å². The van der Waals surface area contributed by atoms with E-state index in [4.69, 9.17) is 10.2 Å². The number of aliphatic carboxylic acids is 1. The molecule has 6 heteroatoms. The maximum absolute atomic E-state index is 12.1. The summed E-state index contributed by atoms with van der Waals surface area (Å²) < 4.78 is 0. The lowest BCUT2D eigenvalue weighted by Gasteiger charge is -2.19. The van der Waals surface area contributed by atoms with E-state index in [2.05, 4.69) is 12.2 Å². The van der Waals surface area contributed by atoms with E-state index in [9.17, 15) is 9.59 Å². The fourth-order valence-electron chi connectivity index (χ4n) is 2.29. The lowest BCUT2D eigenvalue weighted by Crippen LogP contribution is -2.43. The molecule has 2 atom stereocenters. The van der Waals surface area contributed by atoms with Gasteiger partial charge in [0.2, 0.25) is 0 Å². The topological polar surface area (TPSA) is 86.6 Å². The predicted octanol–water partition coefficient (Wildman–Crippen LogP) is 1.05. The molecule has 0 saturated heterocycles. The Labute approximate surface area is 115 Å². The number of fused-ring (bicyclic) bond motifs is 1. The molecular weight excluding hydrogens is 266 g/mol. The first-order chi connectivity index (χ1) is 9.02. The van der Waals surface area contributed by atoms with Crippen LogP contribution < -0.4 is 5.32 Å². The Morgan fingerprint density at radius 3 is 2.95 bits per heavy atom. The molecule has 0 spiro atoms. The van der Waals surface area contributed by atoms with Crippen LogP contribution in [0.1, 0.15) is 34.1 Å². The van der Waals surface area contributed by atoms with Gasteiger partial charge in [0.1, 0.15) is 0 Å². The molecule has 1 aromatic heterocycles. The Bertz CT molecular complexity index is 497. The first kappa shape index (κ1) is 14.0. The van der Waals surface area contributed by atoms with Crippen LogP contribution in [0, 0.1) is 5.92 Å². The van der Waals surface area contributed by atoms with Crippen LogP contribution in [0.25, 0.3) is 0 Å². The minimum absolute atomic E-state index is 0.409. The minimum atomic E-state index is -1.24. The van der Waals surface area contributed by atoms with E-state index in [1.165, 1.54) is 4.88 Å². The average Bonchev–Trinajstić information content (AvgIpc) is 2.78. The minimum Gasteiger partial charge on any atom is -0.480 e. The largest absolute Gasteiger partial charge is 0.480 e. The number of aliphatic hydroxyl groups excluding tert-OH is 1. The van der Waals surface area contributed by atoms with Gasteiger partial charge in [-0.15, -0.1) is 11.3 Å². The number of aliphatic hydroxyl groups is 1. The van der Waals surface area contributed by atoms with Gasteiger partial charge in [0.15, 0.2) is 6.04 Å². The van der Waals surface area contributed by atoms with E-state index >= 15 is 0 Å². The molecule has 104 valence electrons. The lowest BCUT2D eigenvalue weighted by molar-refractivity contribution is -0.140. The molecule has 0 fully saturated rings. The zero-order valence-electron chi connectivity index (χ0n) is 10.7. The maximum Gasteiger partial charge on any atom is 0.328 e. The fourth-order valence-corrected chi connectivity index (χ4v) is 3.53. The summed E-state index contributed by atoms with van der Waals surface area (Å²) in [6.45, 7) is 1.58. The van der Waals surface area contributed by atoms with Gasteiger partial charge in [-0.3, -0.25) is 4.79 Å². The summed E-state index contributed by atoms with van der Waals surface area (Å²) in [7, 11) is 0. The summed E-state index contributed by atoms with van der Waals surface area (Å²) in [5.74, 6) is -1.01. The molecule has 0 aliphatic heterocycles. The molecule has 0 saturated carbocycles. The van der Waals surface area contributed by atoms with Crippen LogP contribution in [0.4, 0.5) is 0 Å². The fraction of sp³-hybridized carbons (Fsp3) is 0.538. The second kappa shape index (κ2) is 5.71. The zero-order chi connectivity index (χ0) is 14.0. The number of hydrogen-bond donors (Lipinski definition) is 3. The smallest absolute Gasteiger partial charge is 0.328 e. The Morgan fingerprint density at radius 2 is 2.32 bits per heavy atom. The molecule has 5 nitrogen and oxygen atoms in total. The standard InChI is InChI=1S/C13H17NO4S/c1-7-2-3-8-9(6-19-11(8)4-7)12(16)14-10(5-15)13(17)18/h6-7,10,15H,2-5H2,1H3,(H,14,16)(H,17,18). The van der Waals surface area contributed by atoms with E-state index in [1.807, 2.05) is 0 Å². The van der Waals surface area contributed by atoms with Crippen LogP contribution in [0.2, 0.25) is 0 Å². The molecule has 2 unspecified atom stereocenters. The highest BCUT2D eigenvalue weighted by Gasteiger charge is 2.26. The number of rotatable bonds is 4. The van der Waals surface area contributed by atoms with Gasteiger partial charge in [-0.1, -0.05) is 6.92 Å². The van der Waals surface area contributed by atoms with Crippen LogP contribution in [0.3, 0.4) is 0 Å². The highest BCUT2D eigenvalue weighted by Crippen LogP contribution is 2.32. The lowest BCUT2D eigenvalue weighted by atomic mass is 9.88. The summed E-state index contributed by atoms with van der Waals surface area (Å²) in [6, 6.07) is -1.24. The molecule has 1 amide bonds. The van der Waals surface area contributed by atoms with Crippen molar-refractivity contribution in [3.8, 4) is 0 Å². The predicted molar refractivity (Wildman–Crippen MR) is 71.5 cm³/mol. The maximum atomic E-state index is 12.1. The van der Waals surface area contributed by atoms with Gasteiger partial charge in [0.05, 0.1) is 12.2 Å². The van der Waals surface area contributed by atoms with E-state index < -0.39 is 24.5 Å². The van der Waals surface area contributed by atoms with Crippen molar-refractivity contribution in [2.24, 2.45) is 5.92 Å². The number of nitrogens with one attached hydrogen (secondary N) is 1. The molecule has 3 N–H and O–H groups in total. The van der Waals surface area contributed by atoms with Gasteiger partial charge in [-0.2, -0.15) is 0 Å². The number of carboxylic acids is 1. The SMILES string of the molecule is CC1CCc2c(C(=O)NC(CO)C(=O)O)csc2C1. The Kier molecular flexibility index (Phi) is 4.21. The Morgan fingerprint density at radius 1 is 1.58 bits per heavy atom. The number of carbonyl (C=O) groups excluding carboxylic acids is 1. The first-order valence-electron chi connectivity index (χ1n) is 6.26. The van der Waals surface area contributed by atoms with Gasteiger partial charge in [0, 0.05) is 10.3 Å². The van der Waals surface area contributed by atoms with Crippen molar-refractivity contribution in [3.63, 3.8) is 0 Å². The Balaban J connectivity index is 2.14. The molecule has 1 aromatic rings. The van der Waals surface area contributed by atoms with Gasteiger partial charge in [-0.25, -0.2) is 4.79 Å². The van der Waals surface area contributed by atoms with Crippen molar-refractivity contribution in [1.29, 1.82) is 0 Å². The van der Waals surface area contributed by atoms with Gasteiger partial charge >= 0.3 is 5.97 Å². The number of amides is 1. The highest BCUT2D eigenvalue weighted by atomic mass is 32.1. The van der Waals surface area contributed by atoms with Crippen molar-refractivity contribution >= 4 is 23.2 Å². The van der Waals surface area contributed by atoms with Gasteiger partial charge < -0.3 is 15.5 Å². The van der Waals surface area contributed by atoms with Crippen LogP contribution in [0.5, 0.6) is 0 Å². The van der Waals surface area contributed by atoms with Crippen molar-refractivity contribution < 1.29 is 19.8 Å². The van der Waals surface area contributed by atoms with E-state index in [-0.39, 0.29) is 0 Å². The van der Waals surface area contributed by atoms with Crippen molar-refractivity contribution in [3.05, 3.63) is 21.4 Å². The Hall–Kier alpha value is -1.40. The normalized spacial score (nSPS) is 19.6. The van der Waals surface area contributed by atoms with Gasteiger partial charge in [0.25, 0.3) is 5.91 Å². The number of thiophene rings is 1. The molecule has 0 aromatic carbocycles. The van der Waals surface area contributed by atoms with Crippen LogP contribution in [-0.2, 0) is 17.6 Å². The third kappa shape index (κ3) is 2.96. The second-order valence-electron chi connectivity index (χ2n) is 4.95. The summed E-state index contributed by atoms with van der Waals surface area (Å²) in [5, 5.41) is 21.9. The molecule has 1 aliphatic carbocycles. The summed E-state index contributed by atoms with van der Waals surface area (Å²) in [4.78, 5) is 24.1. The quantitative estimate of drug-likeness (QED) is 0.771. The summed E-state index contributed by atoms with van der Waals surface area (Å²) in [6.07, 6.45) is 2.89. The monoisotopic (exact) mass is 283 g/mol. The average molecular weight is 283 g/mol. The van der Waals surface area contributed by atoms with E-state index in [0.717, 1.165) is 24.8 Å².